The number of thiophene rings is 1. The fourth-order valence-corrected chi connectivity index (χ4v) is 5.26. The van der Waals surface area contributed by atoms with Crippen LogP contribution in [0.25, 0.3) is 0 Å². The van der Waals surface area contributed by atoms with E-state index in [1.807, 2.05) is 68.4 Å². The van der Waals surface area contributed by atoms with Crippen LogP contribution in [-0.4, -0.2) is 17.9 Å². The van der Waals surface area contributed by atoms with Gasteiger partial charge in [-0.2, -0.15) is 0 Å². The predicted octanol–water partition coefficient (Wildman–Crippen LogP) is 6.10. The van der Waals surface area contributed by atoms with Crippen molar-refractivity contribution in [2.24, 2.45) is 0 Å². The number of nitrogens with one attached hydrogen (secondary N) is 2. The molecule has 0 saturated heterocycles. The molecule has 0 spiro atoms. The van der Waals surface area contributed by atoms with E-state index < -0.39 is 6.04 Å². The highest BCUT2D eigenvalue weighted by Gasteiger charge is 2.23. The van der Waals surface area contributed by atoms with Crippen molar-refractivity contribution in [2.45, 2.75) is 52.1 Å². The monoisotopic (exact) mass is 510 g/mol. The molecule has 1 heterocycles. The number of aryl methyl sites for hydroxylation is 2. The molecule has 0 aliphatic carbocycles. The molecule has 4 aromatic rings. The molecule has 0 aliphatic heterocycles. The molecule has 2 amide bonds. The lowest BCUT2D eigenvalue weighted by molar-refractivity contribution is -0.129. The quantitative estimate of drug-likeness (QED) is 0.271. The molecule has 0 bridgehead atoms. The third-order valence-corrected chi connectivity index (χ3v) is 7.65. The van der Waals surface area contributed by atoms with Crippen molar-refractivity contribution in [1.29, 1.82) is 0 Å². The molecule has 1 aromatic heterocycles. The van der Waals surface area contributed by atoms with E-state index in [2.05, 4.69) is 54.0 Å². The van der Waals surface area contributed by atoms with Gasteiger partial charge in [0, 0.05) is 22.6 Å². The van der Waals surface area contributed by atoms with Crippen LogP contribution in [0.1, 0.15) is 50.5 Å². The van der Waals surface area contributed by atoms with Crippen molar-refractivity contribution in [3.05, 3.63) is 129 Å². The van der Waals surface area contributed by atoms with Crippen LogP contribution in [-0.2, 0) is 28.9 Å². The van der Waals surface area contributed by atoms with E-state index in [1.54, 1.807) is 11.3 Å². The van der Waals surface area contributed by atoms with Crippen LogP contribution >= 0.6 is 11.3 Å². The number of rotatable bonds is 10. The zero-order chi connectivity index (χ0) is 26.2. The summed E-state index contributed by atoms with van der Waals surface area (Å²) in [4.78, 5) is 28.6. The Morgan fingerprint density at radius 2 is 1.35 bits per heavy atom. The Labute approximate surface area is 223 Å². The van der Waals surface area contributed by atoms with Crippen molar-refractivity contribution in [3.8, 4) is 0 Å². The van der Waals surface area contributed by atoms with Crippen LogP contribution in [0.3, 0.4) is 0 Å². The first-order valence-electron chi connectivity index (χ1n) is 12.7. The van der Waals surface area contributed by atoms with Gasteiger partial charge in [0.05, 0.1) is 12.5 Å². The average Bonchev–Trinajstić information content (AvgIpc) is 3.35. The summed E-state index contributed by atoms with van der Waals surface area (Å²) in [5.41, 5.74) is 5.61. The molecule has 0 fully saturated rings. The maximum atomic E-state index is 13.4. The third-order valence-electron chi connectivity index (χ3n) is 6.39. The fourth-order valence-electron chi connectivity index (χ4n) is 4.21. The minimum atomic E-state index is -0.659. The highest BCUT2D eigenvalue weighted by molar-refractivity contribution is 7.12. The second-order valence-electron chi connectivity index (χ2n) is 9.67. The summed E-state index contributed by atoms with van der Waals surface area (Å²) < 4.78 is 0. The summed E-state index contributed by atoms with van der Waals surface area (Å²) in [7, 11) is 0. The van der Waals surface area contributed by atoms with Crippen molar-refractivity contribution in [2.75, 3.05) is 0 Å². The SMILES string of the molecule is Cc1ccc(Cc2ccc(C(C)NC(=O)C(Cc3ccc(C)cc3)NC(=O)Cc3ccccc3)s2)cc1. The molecule has 0 saturated carbocycles. The lowest BCUT2D eigenvalue weighted by atomic mass is 10.0. The summed E-state index contributed by atoms with van der Waals surface area (Å²) in [6, 6.07) is 29.7. The average molecular weight is 511 g/mol. The normalized spacial score (nSPS) is 12.5. The Morgan fingerprint density at radius 3 is 2.00 bits per heavy atom. The van der Waals surface area contributed by atoms with Crippen LogP contribution in [0.4, 0.5) is 0 Å². The van der Waals surface area contributed by atoms with Gasteiger partial charge in [0.1, 0.15) is 6.04 Å². The summed E-state index contributed by atoms with van der Waals surface area (Å²) >= 11 is 1.71. The Hall–Kier alpha value is -3.70. The maximum Gasteiger partial charge on any atom is 0.243 e. The van der Waals surface area contributed by atoms with Gasteiger partial charge in [0.25, 0.3) is 0 Å². The van der Waals surface area contributed by atoms with E-state index in [9.17, 15) is 9.59 Å². The summed E-state index contributed by atoms with van der Waals surface area (Å²) in [5, 5.41) is 6.12. The lowest BCUT2D eigenvalue weighted by Gasteiger charge is -2.21. The second kappa shape index (κ2) is 12.5. The van der Waals surface area contributed by atoms with Gasteiger partial charge in [-0.25, -0.2) is 0 Å². The fraction of sp³-hybridized carbons (Fsp3) is 0.250. The van der Waals surface area contributed by atoms with Crippen LogP contribution in [0, 0.1) is 13.8 Å². The van der Waals surface area contributed by atoms with Crippen LogP contribution in [0.2, 0.25) is 0 Å². The first kappa shape index (κ1) is 26.4. The van der Waals surface area contributed by atoms with E-state index in [1.165, 1.54) is 16.0 Å². The van der Waals surface area contributed by atoms with Crippen molar-refractivity contribution in [1.82, 2.24) is 10.6 Å². The first-order chi connectivity index (χ1) is 17.9. The van der Waals surface area contributed by atoms with Gasteiger partial charge in [-0.05, 0) is 49.6 Å². The number of carbonyl (C=O) groups is 2. The molecule has 0 aliphatic rings. The van der Waals surface area contributed by atoms with Crippen LogP contribution < -0.4 is 10.6 Å². The zero-order valence-corrected chi connectivity index (χ0v) is 22.5. The molecule has 2 N–H and O–H groups in total. The topological polar surface area (TPSA) is 58.2 Å². The van der Waals surface area contributed by atoms with E-state index in [0.717, 1.165) is 28.0 Å². The molecular weight excluding hydrogens is 476 g/mol. The van der Waals surface area contributed by atoms with Crippen molar-refractivity contribution in [3.63, 3.8) is 0 Å². The molecular formula is C32H34N2O2S. The van der Waals surface area contributed by atoms with Gasteiger partial charge in [0.15, 0.2) is 0 Å². The van der Waals surface area contributed by atoms with E-state index in [0.29, 0.717) is 6.42 Å². The molecule has 190 valence electrons. The molecule has 2 unspecified atom stereocenters. The van der Waals surface area contributed by atoms with Crippen molar-refractivity contribution < 1.29 is 9.59 Å². The number of carbonyl (C=O) groups excluding carboxylic acids is 2. The highest BCUT2D eigenvalue weighted by Crippen LogP contribution is 2.25. The third kappa shape index (κ3) is 7.89. The van der Waals surface area contributed by atoms with Gasteiger partial charge in [0.2, 0.25) is 11.8 Å². The molecule has 0 radical (unpaired) electrons. The van der Waals surface area contributed by atoms with E-state index >= 15 is 0 Å². The molecule has 5 heteroatoms. The van der Waals surface area contributed by atoms with Gasteiger partial charge < -0.3 is 10.6 Å². The van der Waals surface area contributed by atoms with Crippen LogP contribution in [0.5, 0.6) is 0 Å². The van der Waals surface area contributed by atoms with Gasteiger partial charge in [-0.1, -0.05) is 90.0 Å². The Balaban J connectivity index is 1.42. The number of hydrogen-bond acceptors (Lipinski definition) is 3. The number of benzene rings is 3. The zero-order valence-electron chi connectivity index (χ0n) is 21.7. The minimum Gasteiger partial charge on any atom is -0.347 e. The van der Waals surface area contributed by atoms with Gasteiger partial charge >= 0.3 is 0 Å². The molecule has 4 nitrogen and oxygen atoms in total. The first-order valence-corrected chi connectivity index (χ1v) is 13.5. The standard InChI is InChI=1S/C32H34N2O2S/c1-22-9-13-26(14-10-22)19-28-17-18-30(37-28)24(3)33-32(36)29(20-27-15-11-23(2)12-16-27)34-31(35)21-25-7-5-4-6-8-25/h4-18,24,29H,19-21H2,1-3H3,(H,33,36)(H,34,35). The highest BCUT2D eigenvalue weighted by atomic mass is 32.1. The summed E-state index contributed by atoms with van der Waals surface area (Å²) in [5.74, 6) is -0.342. The van der Waals surface area contributed by atoms with Gasteiger partial charge in [-0.3, -0.25) is 9.59 Å². The molecule has 4 rings (SSSR count). The second-order valence-corrected chi connectivity index (χ2v) is 10.9. The molecule has 2 atom stereocenters. The van der Waals surface area contributed by atoms with Gasteiger partial charge in [-0.15, -0.1) is 11.3 Å². The number of amides is 2. The minimum absolute atomic E-state index is 0.157. The summed E-state index contributed by atoms with van der Waals surface area (Å²) in [6.07, 6.45) is 1.54. The maximum absolute atomic E-state index is 13.4. The Bertz CT molecular complexity index is 1310. The van der Waals surface area contributed by atoms with E-state index in [4.69, 9.17) is 0 Å². The lowest BCUT2D eigenvalue weighted by Crippen LogP contribution is -2.48. The van der Waals surface area contributed by atoms with Crippen LogP contribution in [0.15, 0.2) is 91.0 Å². The molecule has 37 heavy (non-hydrogen) atoms. The summed E-state index contributed by atoms with van der Waals surface area (Å²) in [6.45, 7) is 6.12. The smallest absolute Gasteiger partial charge is 0.243 e. The number of hydrogen-bond donors (Lipinski definition) is 2. The predicted molar refractivity (Wildman–Crippen MR) is 152 cm³/mol. The van der Waals surface area contributed by atoms with E-state index in [-0.39, 0.29) is 24.3 Å². The Morgan fingerprint density at radius 1 is 0.730 bits per heavy atom. The molecule has 3 aromatic carbocycles. The Kier molecular flexibility index (Phi) is 8.91. The largest absolute Gasteiger partial charge is 0.347 e. The van der Waals surface area contributed by atoms with Crippen molar-refractivity contribution >= 4 is 23.2 Å².